The number of benzene rings is 1. The summed E-state index contributed by atoms with van der Waals surface area (Å²) >= 11 is 0. The van der Waals surface area contributed by atoms with Crippen LogP contribution >= 0.6 is 0 Å². The predicted molar refractivity (Wildman–Crippen MR) is 124 cm³/mol. The first kappa shape index (κ1) is 26.8. The summed E-state index contributed by atoms with van der Waals surface area (Å²) in [6, 6.07) is 3.73. The molecule has 0 radical (unpaired) electrons. The van der Waals surface area contributed by atoms with E-state index in [9.17, 15) is 29.4 Å². The molecule has 3 unspecified atom stereocenters. The van der Waals surface area contributed by atoms with Crippen molar-refractivity contribution in [3.63, 3.8) is 0 Å². The highest BCUT2D eigenvalue weighted by molar-refractivity contribution is 5.94. The molecule has 0 spiro atoms. The van der Waals surface area contributed by atoms with Crippen LogP contribution in [0.15, 0.2) is 30.5 Å². The van der Waals surface area contributed by atoms with Gasteiger partial charge >= 0.3 is 5.97 Å². The fourth-order valence-corrected chi connectivity index (χ4v) is 3.47. The van der Waals surface area contributed by atoms with E-state index in [1.54, 1.807) is 6.20 Å². The standard InChI is InChI=1S/C22H32N6O6/c23-8-4-3-7-16(22(33)34)27-21(32)18(12-29)28-20(31)17(26-19(30)10-24)9-13-11-25-15-6-2-1-5-14(13)15/h1-2,5-6,11,16-18,25,29H,3-4,7-10,12,23-24H2,(H,26,30)(H,27,32)(H,28,31)(H,33,34). The molecule has 10 N–H and O–H groups in total. The van der Waals surface area contributed by atoms with Crippen LogP contribution in [0, 0.1) is 0 Å². The Morgan fingerprint density at radius 3 is 2.26 bits per heavy atom. The average molecular weight is 477 g/mol. The van der Waals surface area contributed by atoms with E-state index in [2.05, 4.69) is 20.9 Å². The summed E-state index contributed by atoms with van der Waals surface area (Å²) in [6.45, 7) is -0.718. The Bertz CT molecular complexity index is 993. The summed E-state index contributed by atoms with van der Waals surface area (Å²) in [5.74, 6) is -3.39. The minimum atomic E-state index is -1.41. The smallest absolute Gasteiger partial charge is 0.326 e. The summed E-state index contributed by atoms with van der Waals surface area (Å²) in [5, 5.41) is 27.1. The number of carboxylic acid groups (broad SMARTS) is 1. The number of aliphatic carboxylic acids is 1. The van der Waals surface area contributed by atoms with Crippen molar-refractivity contribution in [2.45, 2.75) is 43.8 Å². The van der Waals surface area contributed by atoms with Crippen molar-refractivity contribution >= 4 is 34.6 Å². The molecule has 12 nitrogen and oxygen atoms in total. The van der Waals surface area contributed by atoms with Gasteiger partial charge in [-0.15, -0.1) is 0 Å². The molecule has 1 heterocycles. The van der Waals surface area contributed by atoms with Gasteiger partial charge in [-0.1, -0.05) is 18.2 Å². The third-order valence-corrected chi connectivity index (χ3v) is 5.31. The molecule has 34 heavy (non-hydrogen) atoms. The number of carbonyl (C=O) groups excluding carboxylic acids is 3. The number of aromatic amines is 1. The molecule has 0 saturated heterocycles. The molecule has 12 heteroatoms. The normalized spacial score (nSPS) is 13.6. The number of H-pyrrole nitrogens is 1. The number of aliphatic hydroxyl groups is 1. The second kappa shape index (κ2) is 13.3. The van der Waals surface area contributed by atoms with E-state index >= 15 is 0 Å². The molecule has 0 aliphatic heterocycles. The van der Waals surface area contributed by atoms with E-state index in [1.807, 2.05) is 24.3 Å². The third-order valence-electron chi connectivity index (χ3n) is 5.31. The number of fused-ring (bicyclic) bond motifs is 1. The molecule has 2 aromatic rings. The number of nitrogens with two attached hydrogens (primary N) is 2. The van der Waals surface area contributed by atoms with Crippen molar-refractivity contribution < 1.29 is 29.4 Å². The molecule has 0 aliphatic rings. The van der Waals surface area contributed by atoms with Gasteiger partial charge in [0, 0.05) is 23.5 Å². The highest BCUT2D eigenvalue weighted by atomic mass is 16.4. The van der Waals surface area contributed by atoms with Crippen LogP contribution in [0.1, 0.15) is 24.8 Å². The zero-order valence-electron chi connectivity index (χ0n) is 18.8. The lowest BCUT2D eigenvalue weighted by atomic mass is 10.0. The molecular weight excluding hydrogens is 444 g/mol. The van der Waals surface area contributed by atoms with E-state index < -0.39 is 48.4 Å². The van der Waals surface area contributed by atoms with Crippen molar-refractivity contribution in [3.05, 3.63) is 36.0 Å². The third kappa shape index (κ3) is 7.54. The Hall–Kier alpha value is -3.48. The molecule has 1 aromatic carbocycles. The van der Waals surface area contributed by atoms with Gasteiger partial charge in [0.15, 0.2) is 0 Å². The maximum absolute atomic E-state index is 13.0. The molecule has 0 saturated carbocycles. The Balaban J connectivity index is 2.12. The molecule has 2 rings (SSSR count). The monoisotopic (exact) mass is 476 g/mol. The van der Waals surface area contributed by atoms with Crippen LogP contribution in [0.2, 0.25) is 0 Å². The summed E-state index contributed by atoms with van der Waals surface area (Å²) in [4.78, 5) is 52.0. The molecule has 0 fully saturated rings. The molecule has 0 aliphatic carbocycles. The molecule has 186 valence electrons. The van der Waals surface area contributed by atoms with Gasteiger partial charge in [-0.05, 0) is 37.4 Å². The summed E-state index contributed by atoms with van der Waals surface area (Å²) in [6.07, 6.45) is 3.05. The van der Waals surface area contributed by atoms with E-state index in [-0.39, 0.29) is 19.4 Å². The average Bonchev–Trinajstić information content (AvgIpc) is 3.23. The van der Waals surface area contributed by atoms with E-state index in [1.165, 1.54) is 0 Å². The first-order chi connectivity index (χ1) is 16.3. The van der Waals surface area contributed by atoms with Crippen molar-refractivity contribution in [3.8, 4) is 0 Å². The van der Waals surface area contributed by atoms with Crippen LogP contribution in [0.3, 0.4) is 0 Å². The lowest BCUT2D eigenvalue weighted by Gasteiger charge is -2.23. The van der Waals surface area contributed by atoms with Crippen LogP contribution in [0.25, 0.3) is 10.9 Å². The van der Waals surface area contributed by atoms with Gasteiger partial charge in [0.2, 0.25) is 17.7 Å². The maximum Gasteiger partial charge on any atom is 0.326 e. The summed E-state index contributed by atoms with van der Waals surface area (Å²) < 4.78 is 0. The molecule has 0 bridgehead atoms. The molecule has 1 aromatic heterocycles. The number of carbonyl (C=O) groups is 4. The topological polar surface area (TPSA) is 213 Å². The summed E-state index contributed by atoms with van der Waals surface area (Å²) in [7, 11) is 0. The SMILES string of the molecule is NCCCCC(NC(=O)C(CO)NC(=O)C(Cc1c[nH]c2ccccc12)NC(=O)CN)C(=O)O. The number of amides is 3. The number of aliphatic hydroxyl groups excluding tert-OH is 1. The number of carboxylic acids is 1. The van der Waals surface area contributed by atoms with Crippen molar-refractivity contribution in [2.75, 3.05) is 19.7 Å². The molecular formula is C22H32N6O6. The van der Waals surface area contributed by atoms with E-state index in [0.717, 1.165) is 16.5 Å². The lowest BCUT2D eigenvalue weighted by Crippen LogP contribution is -2.57. The van der Waals surface area contributed by atoms with E-state index in [0.29, 0.717) is 19.4 Å². The number of hydrogen-bond acceptors (Lipinski definition) is 7. The lowest BCUT2D eigenvalue weighted by molar-refractivity contribution is -0.142. The second-order valence-corrected chi connectivity index (χ2v) is 7.82. The van der Waals surface area contributed by atoms with E-state index in [4.69, 9.17) is 11.5 Å². The van der Waals surface area contributed by atoms with Gasteiger partial charge in [0.1, 0.15) is 18.1 Å². The zero-order valence-corrected chi connectivity index (χ0v) is 18.8. The fourth-order valence-electron chi connectivity index (χ4n) is 3.47. The zero-order chi connectivity index (χ0) is 25.1. The predicted octanol–water partition coefficient (Wildman–Crippen LogP) is -1.67. The van der Waals surface area contributed by atoms with Gasteiger partial charge in [0.25, 0.3) is 0 Å². The van der Waals surface area contributed by atoms with Gasteiger partial charge in [0.05, 0.1) is 13.2 Å². The Morgan fingerprint density at radius 2 is 1.62 bits per heavy atom. The van der Waals surface area contributed by atoms with Crippen LogP contribution in [-0.2, 0) is 25.6 Å². The first-order valence-corrected chi connectivity index (χ1v) is 11.0. The van der Waals surface area contributed by atoms with Crippen molar-refractivity contribution in [2.24, 2.45) is 11.5 Å². The van der Waals surface area contributed by atoms with Gasteiger partial charge < -0.3 is 42.6 Å². The number of unbranched alkanes of at least 4 members (excludes halogenated alkanes) is 1. The Labute approximate surface area is 196 Å². The highest BCUT2D eigenvalue weighted by Crippen LogP contribution is 2.19. The second-order valence-electron chi connectivity index (χ2n) is 7.82. The van der Waals surface area contributed by atoms with Crippen LogP contribution in [-0.4, -0.2) is 76.7 Å². The Morgan fingerprint density at radius 1 is 0.941 bits per heavy atom. The first-order valence-electron chi connectivity index (χ1n) is 11.0. The van der Waals surface area contributed by atoms with Gasteiger partial charge in [-0.25, -0.2) is 4.79 Å². The van der Waals surface area contributed by atoms with Crippen LogP contribution in [0.5, 0.6) is 0 Å². The molecule has 3 atom stereocenters. The highest BCUT2D eigenvalue weighted by Gasteiger charge is 2.29. The number of hydrogen-bond donors (Lipinski definition) is 8. The quantitative estimate of drug-likeness (QED) is 0.147. The fraction of sp³-hybridized carbons (Fsp3) is 0.455. The number of rotatable bonds is 14. The number of aromatic nitrogens is 1. The van der Waals surface area contributed by atoms with Crippen LogP contribution < -0.4 is 27.4 Å². The minimum absolute atomic E-state index is 0.0954. The number of para-hydroxylation sites is 1. The number of nitrogens with one attached hydrogen (secondary N) is 4. The van der Waals surface area contributed by atoms with Crippen LogP contribution in [0.4, 0.5) is 0 Å². The van der Waals surface area contributed by atoms with Gasteiger partial charge in [-0.2, -0.15) is 0 Å². The Kier molecular flexibility index (Phi) is 10.5. The van der Waals surface area contributed by atoms with Crippen molar-refractivity contribution in [1.29, 1.82) is 0 Å². The largest absolute Gasteiger partial charge is 0.480 e. The molecule has 3 amide bonds. The van der Waals surface area contributed by atoms with Crippen molar-refractivity contribution in [1.82, 2.24) is 20.9 Å². The minimum Gasteiger partial charge on any atom is -0.480 e. The van der Waals surface area contributed by atoms with Gasteiger partial charge in [-0.3, -0.25) is 14.4 Å². The maximum atomic E-state index is 13.0. The summed E-state index contributed by atoms with van der Waals surface area (Å²) in [5.41, 5.74) is 12.4.